The molecule has 0 atom stereocenters. The Kier molecular flexibility index (Phi) is 9.09. The van der Waals surface area contributed by atoms with Crippen molar-refractivity contribution in [2.45, 2.75) is 52.6 Å². The number of carboxylic acids is 1. The van der Waals surface area contributed by atoms with E-state index >= 15 is 0 Å². The minimum atomic E-state index is -0.777. The zero-order chi connectivity index (χ0) is 21.1. The fourth-order valence-corrected chi connectivity index (χ4v) is 2.99. The Morgan fingerprint density at radius 3 is 2.52 bits per heavy atom. The molecule has 0 amide bonds. The maximum absolute atomic E-state index is 10.8. The van der Waals surface area contributed by atoms with Crippen LogP contribution < -0.4 is 10.5 Å². The number of rotatable bonds is 12. The molecule has 0 aliphatic heterocycles. The van der Waals surface area contributed by atoms with Gasteiger partial charge in [-0.15, -0.1) is 0 Å². The highest BCUT2D eigenvalue weighted by Gasteiger charge is 2.07. The van der Waals surface area contributed by atoms with Crippen LogP contribution >= 0.6 is 0 Å². The van der Waals surface area contributed by atoms with Gasteiger partial charge in [0, 0.05) is 12.1 Å². The lowest BCUT2D eigenvalue weighted by Gasteiger charge is -2.12. The quantitative estimate of drug-likeness (QED) is 0.396. The van der Waals surface area contributed by atoms with Crippen molar-refractivity contribution in [2.24, 2.45) is 5.73 Å². The van der Waals surface area contributed by atoms with Gasteiger partial charge in [-0.05, 0) is 61.4 Å². The average Bonchev–Trinajstić information content (AvgIpc) is 2.74. The molecule has 2 rings (SSSR count). The van der Waals surface area contributed by atoms with Crippen molar-refractivity contribution in [3.63, 3.8) is 0 Å². The summed E-state index contributed by atoms with van der Waals surface area (Å²) in [5.41, 5.74) is 10.2. The Balaban J connectivity index is 1.77. The smallest absolute Gasteiger partial charge is 0.303 e. The molecule has 5 nitrogen and oxygen atoms in total. The van der Waals surface area contributed by atoms with Crippen LogP contribution in [0.15, 0.2) is 60.0 Å². The molecule has 0 aromatic heterocycles. The Morgan fingerprint density at radius 2 is 1.83 bits per heavy atom. The van der Waals surface area contributed by atoms with Gasteiger partial charge in [0.25, 0.3) is 0 Å². The lowest BCUT2D eigenvalue weighted by molar-refractivity contribution is -0.136. The fourth-order valence-electron chi connectivity index (χ4n) is 2.99. The molecule has 0 saturated heterocycles. The standard InChI is InChI=1S/C24H31NO4/c1-3-20-16-22(13-11-21(20)12-14-24(26)27)28-15-7-10-23(25)18(2)29-17-19-8-5-4-6-9-19/h4-6,8-9,11,13,16H,3,7,10,12,14-15,17,25H2,1-2H3,(H,26,27)/b23-18-. The van der Waals surface area contributed by atoms with Gasteiger partial charge >= 0.3 is 5.97 Å². The van der Waals surface area contributed by atoms with E-state index < -0.39 is 5.97 Å². The van der Waals surface area contributed by atoms with E-state index in [1.54, 1.807) is 0 Å². The number of aryl methyl sites for hydroxylation is 2. The van der Waals surface area contributed by atoms with E-state index in [1.807, 2.05) is 55.5 Å². The summed E-state index contributed by atoms with van der Waals surface area (Å²) in [5.74, 6) is 0.784. The van der Waals surface area contributed by atoms with Crippen molar-refractivity contribution in [3.8, 4) is 5.75 Å². The number of allylic oxidation sites excluding steroid dienone is 2. The predicted molar refractivity (Wildman–Crippen MR) is 115 cm³/mol. The maximum atomic E-state index is 10.8. The highest BCUT2D eigenvalue weighted by atomic mass is 16.5. The third kappa shape index (κ3) is 7.90. The molecule has 156 valence electrons. The monoisotopic (exact) mass is 397 g/mol. The van der Waals surface area contributed by atoms with Crippen molar-refractivity contribution >= 4 is 5.97 Å². The summed E-state index contributed by atoms with van der Waals surface area (Å²) in [5, 5.41) is 8.86. The summed E-state index contributed by atoms with van der Waals surface area (Å²) in [6.07, 6.45) is 3.03. The maximum Gasteiger partial charge on any atom is 0.303 e. The zero-order valence-electron chi connectivity index (χ0n) is 17.3. The molecule has 0 radical (unpaired) electrons. The summed E-state index contributed by atoms with van der Waals surface area (Å²) in [4.78, 5) is 10.8. The normalized spacial score (nSPS) is 11.7. The summed E-state index contributed by atoms with van der Waals surface area (Å²) in [6, 6.07) is 15.9. The second-order valence-electron chi connectivity index (χ2n) is 6.99. The molecule has 0 saturated carbocycles. The van der Waals surface area contributed by atoms with E-state index in [4.69, 9.17) is 20.3 Å². The van der Waals surface area contributed by atoms with Crippen LogP contribution in [0.2, 0.25) is 0 Å². The van der Waals surface area contributed by atoms with Crippen LogP contribution in [0.1, 0.15) is 49.8 Å². The van der Waals surface area contributed by atoms with E-state index in [0.29, 0.717) is 26.1 Å². The first-order valence-electron chi connectivity index (χ1n) is 10.1. The molecule has 2 aromatic rings. The Morgan fingerprint density at radius 1 is 1.07 bits per heavy atom. The van der Waals surface area contributed by atoms with Crippen LogP contribution in [0.5, 0.6) is 5.75 Å². The molecule has 0 bridgehead atoms. The first kappa shape index (κ1) is 22.3. The van der Waals surface area contributed by atoms with Gasteiger partial charge in [0.2, 0.25) is 0 Å². The first-order valence-corrected chi connectivity index (χ1v) is 10.1. The van der Waals surface area contributed by atoms with Gasteiger partial charge in [-0.25, -0.2) is 0 Å². The van der Waals surface area contributed by atoms with E-state index in [-0.39, 0.29) is 6.42 Å². The van der Waals surface area contributed by atoms with Crippen molar-refractivity contribution < 1.29 is 19.4 Å². The Bertz CT molecular complexity index is 815. The molecule has 0 fully saturated rings. The van der Waals surface area contributed by atoms with Gasteiger partial charge < -0.3 is 20.3 Å². The van der Waals surface area contributed by atoms with Crippen molar-refractivity contribution in [1.29, 1.82) is 0 Å². The van der Waals surface area contributed by atoms with E-state index in [1.165, 1.54) is 0 Å². The number of aliphatic carboxylic acids is 1. The summed E-state index contributed by atoms with van der Waals surface area (Å²) < 4.78 is 11.6. The van der Waals surface area contributed by atoms with Crippen molar-refractivity contribution in [1.82, 2.24) is 0 Å². The number of carboxylic acid groups (broad SMARTS) is 1. The highest BCUT2D eigenvalue weighted by molar-refractivity contribution is 5.67. The summed E-state index contributed by atoms with van der Waals surface area (Å²) in [7, 11) is 0. The molecular formula is C24H31NO4. The van der Waals surface area contributed by atoms with E-state index in [2.05, 4.69) is 6.92 Å². The third-order valence-corrected chi connectivity index (χ3v) is 4.78. The summed E-state index contributed by atoms with van der Waals surface area (Å²) in [6.45, 7) is 5.03. The number of nitrogens with two attached hydrogens (primary N) is 1. The van der Waals surface area contributed by atoms with Crippen LogP contribution in [-0.2, 0) is 29.0 Å². The molecule has 0 spiro atoms. The molecule has 3 N–H and O–H groups in total. The zero-order valence-corrected chi connectivity index (χ0v) is 17.3. The van der Waals surface area contributed by atoms with E-state index in [9.17, 15) is 4.79 Å². The van der Waals surface area contributed by atoms with Crippen molar-refractivity contribution in [3.05, 3.63) is 76.7 Å². The van der Waals surface area contributed by atoms with Crippen LogP contribution in [0.3, 0.4) is 0 Å². The first-order chi connectivity index (χ1) is 14.0. The third-order valence-electron chi connectivity index (χ3n) is 4.78. The second-order valence-corrected chi connectivity index (χ2v) is 6.99. The van der Waals surface area contributed by atoms with Crippen LogP contribution in [-0.4, -0.2) is 17.7 Å². The number of hydrogen-bond donors (Lipinski definition) is 2. The van der Waals surface area contributed by atoms with E-state index in [0.717, 1.165) is 46.7 Å². The lowest BCUT2D eigenvalue weighted by Crippen LogP contribution is -2.07. The van der Waals surface area contributed by atoms with Crippen molar-refractivity contribution in [2.75, 3.05) is 6.61 Å². The number of hydrogen-bond acceptors (Lipinski definition) is 4. The minimum Gasteiger partial charge on any atom is -0.494 e. The summed E-state index contributed by atoms with van der Waals surface area (Å²) >= 11 is 0. The Labute approximate surface area is 173 Å². The van der Waals surface area contributed by atoms with Gasteiger partial charge in [-0.1, -0.05) is 43.3 Å². The van der Waals surface area contributed by atoms with Gasteiger partial charge in [-0.3, -0.25) is 4.79 Å². The molecule has 5 heteroatoms. The number of benzene rings is 2. The van der Waals surface area contributed by atoms with Gasteiger partial charge in [-0.2, -0.15) is 0 Å². The van der Waals surface area contributed by atoms with Gasteiger partial charge in [0.15, 0.2) is 0 Å². The topological polar surface area (TPSA) is 81.8 Å². The second kappa shape index (κ2) is 11.8. The molecular weight excluding hydrogens is 366 g/mol. The predicted octanol–water partition coefficient (Wildman–Crippen LogP) is 4.83. The molecule has 0 heterocycles. The molecule has 0 aliphatic rings. The highest BCUT2D eigenvalue weighted by Crippen LogP contribution is 2.20. The SMILES string of the molecule is CCc1cc(OCCC/C(N)=C(\C)OCc2ccccc2)ccc1CCC(=O)O. The van der Waals surface area contributed by atoms with Gasteiger partial charge in [0.1, 0.15) is 18.1 Å². The van der Waals surface area contributed by atoms with Crippen LogP contribution in [0, 0.1) is 0 Å². The number of ether oxygens (including phenoxy) is 2. The molecule has 0 aliphatic carbocycles. The van der Waals surface area contributed by atoms with Crippen LogP contribution in [0.4, 0.5) is 0 Å². The van der Waals surface area contributed by atoms with Crippen LogP contribution in [0.25, 0.3) is 0 Å². The fraction of sp³-hybridized carbons (Fsp3) is 0.375. The molecule has 2 aromatic carbocycles. The minimum absolute atomic E-state index is 0.143. The average molecular weight is 398 g/mol. The molecule has 0 unspecified atom stereocenters. The lowest BCUT2D eigenvalue weighted by atomic mass is 10.0. The molecule has 29 heavy (non-hydrogen) atoms. The Hall–Kier alpha value is -2.95. The number of carbonyl (C=O) groups is 1. The largest absolute Gasteiger partial charge is 0.494 e. The van der Waals surface area contributed by atoms with Gasteiger partial charge in [0.05, 0.1) is 6.61 Å².